The van der Waals surface area contributed by atoms with Crippen LogP contribution in [0, 0.1) is 5.82 Å². The molecular formula is C12H16FN3O. The van der Waals surface area contributed by atoms with Crippen molar-refractivity contribution in [1.82, 2.24) is 15.1 Å². The average Bonchev–Trinajstić information content (AvgIpc) is 2.71. The number of aromatic nitrogens is 2. The second kappa shape index (κ2) is 5.25. The Bertz CT molecular complexity index is 510. The Hall–Kier alpha value is -1.46. The maximum Gasteiger partial charge on any atom is 0.151 e. The number of nitrogens with zero attached hydrogens (tertiary/aromatic N) is 2. The highest BCUT2D eigenvalue weighted by Gasteiger charge is 2.16. The molecule has 0 saturated heterocycles. The normalized spacial score (nSPS) is 14.1. The van der Waals surface area contributed by atoms with E-state index in [9.17, 15) is 4.39 Å². The number of hydrogen-bond acceptors (Lipinski definition) is 3. The van der Waals surface area contributed by atoms with Crippen molar-refractivity contribution < 1.29 is 9.13 Å². The molecule has 5 heteroatoms. The van der Waals surface area contributed by atoms with E-state index in [1.165, 1.54) is 6.07 Å². The minimum atomic E-state index is -0.260. The van der Waals surface area contributed by atoms with Gasteiger partial charge >= 0.3 is 0 Å². The van der Waals surface area contributed by atoms with Gasteiger partial charge in [-0.05, 0) is 20.2 Å². The van der Waals surface area contributed by atoms with Crippen molar-refractivity contribution in [2.24, 2.45) is 0 Å². The third kappa shape index (κ3) is 2.30. The summed E-state index contributed by atoms with van der Waals surface area (Å²) >= 11 is 0. The number of halogens is 1. The molecule has 0 unspecified atom stereocenters. The summed E-state index contributed by atoms with van der Waals surface area (Å²) in [6.07, 6.45) is 0. The van der Waals surface area contributed by atoms with Gasteiger partial charge in [0.05, 0.1) is 25.5 Å². The molecule has 0 amide bonds. The van der Waals surface area contributed by atoms with Crippen molar-refractivity contribution >= 4 is 10.9 Å². The largest absolute Gasteiger partial charge is 0.373 e. The van der Waals surface area contributed by atoms with Crippen LogP contribution in [-0.4, -0.2) is 30.5 Å². The number of ether oxygens (including phenoxy) is 1. The lowest BCUT2D eigenvalue weighted by Crippen LogP contribution is -2.16. The lowest BCUT2D eigenvalue weighted by atomic mass is 10.2. The Morgan fingerprint density at radius 1 is 1.41 bits per heavy atom. The highest BCUT2D eigenvalue weighted by atomic mass is 19.1. The van der Waals surface area contributed by atoms with Crippen LogP contribution in [0.3, 0.4) is 0 Å². The zero-order valence-electron chi connectivity index (χ0n) is 10.0. The van der Waals surface area contributed by atoms with E-state index in [4.69, 9.17) is 4.74 Å². The molecule has 0 saturated carbocycles. The quantitative estimate of drug-likeness (QED) is 0.755. The van der Waals surface area contributed by atoms with Gasteiger partial charge in [0.1, 0.15) is 5.52 Å². The third-order valence-electron chi connectivity index (χ3n) is 2.52. The van der Waals surface area contributed by atoms with Crippen LogP contribution in [-0.2, 0) is 17.9 Å². The Labute approximate surface area is 99.4 Å². The Morgan fingerprint density at radius 3 is 2.94 bits per heavy atom. The summed E-state index contributed by atoms with van der Waals surface area (Å²) in [7, 11) is 3.75. The number of nitrogens with one attached hydrogen (secondary N) is 1. The smallest absolute Gasteiger partial charge is 0.151 e. The van der Waals surface area contributed by atoms with E-state index in [2.05, 4.69) is 10.4 Å². The predicted octanol–water partition coefficient (Wildman–Crippen LogP) is 1.54. The standard InChI is InChI=1S/C10H9FN2O.C2H7N/c11-8-3-1-2-7-9-6-14-5-4-13(9)12-10(7)8;1-3-2/h1-3H,4-6H2;3H,1-2H3. The van der Waals surface area contributed by atoms with Gasteiger partial charge in [0.25, 0.3) is 0 Å². The molecule has 1 aromatic carbocycles. The summed E-state index contributed by atoms with van der Waals surface area (Å²) in [5.74, 6) is -0.260. The second-order valence-corrected chi connectivity index (χ2v) is 3.86. The molecule has 1 aromatic heterocycles. The van der Waals surface area contributed by atoms with Crippen LogP contribution in [0.25, 0.3) is 10.9 Å². The predicted molar refractivity (Wildman–Crippen MR) is 64.3 cm³/mol. The summed E-state index contributed by atoms with van der Waals surface area (Å²) in [6.45, 7) is 1.89. The second-order valence-electron chi connectivity index (χ2n) is 3.86. The van der Waals surface area contributed by atoms with Crippen molar-refractivity contribution in [3.63, 3.8) is 0 Å². The summed E-state index contributed by atoms with van der Waals surface area (Å²) in [5, 5.41) is 7.83. The van der Waals surface area contributed by atoms with Crippen LogP contribution >= 0.6 is 0 Å². The van der Waals surface area contributed by atoms with Crippen molar-refractivity contribution in [3.05, 3.63) is 29.7 Å². The molecule has 1 aliphatic rings. The molecule has 0 bridgehead atoms. The fourth-order valence-electron chi connectivity index (χ4n) is 1.83. The first-order valence-corrected chi connectivity index (χ1v) is 5.58. The van der Waals surface area contributed by atoms with Gasteiger partial charge in [-0.1, -0.05) is 12.1 Å². The van der Waals surface area contributed by atoms with Gasteiger partial charge in [-0.2, -0.15) is 5.10 Å². The Morgan fingerprint density at radius 2 is 2.18 bits per heavy atom. The van der Waals surface area contributed by atoms with Crippen LogP contribution in [0.15, 0.2) is 18.2 Å². The zero-order chi connectivity index (χ0) is 12.3. The van der Waals surface area contributed by atoms with Crippen LogP contribution in [0.5, 0.6) is 0 Å². The molecule has 17 heavy (non-hydrogen) atoms. The number of benzene rings is 1. The monoisotopic (exact) mass is 237 g/mol. The van der Waals surface area contributed by atoms with Crippen LogP contribution < -0.4 is 5.32 Å². The molecule has 1 aliphatic heterocycles. The van der Waals surface area contributed by atoms with Crippen molar-refractivity contribution in [3.8, 4) is 0 Å². The SMILES string of the molecule is CNC.Fc1cccc2c3n(nc12)CCOC3. The van der Waals surface area contributed by atoms with Gasteiger partial charge in [0, 0.05) is 5.39 Å². The van der Waals surface area contributed by atoms with Gasteiger partial charge in [-0.3, -0.25) is 4.68 Å². The Kier molecular flexibility index (Phi) is 3.71. The minimum absolute atomic E-state index is 0.260. The van der Waals surface area contributed by atoms with E-state index in [0.717, 1.165) is 11.1 Å². The van der Waals surface area contributed by atoms with E-state index in [0.29, 0.717) is 25.3 Å². The fourth-order valence-corrected chi connectivity index (χ4v) is 1.83. The molecule has 92 valence electrons. The first-order valence-electron chi connectivity index (χ1n) is 5.58. The van der Waals surface area contributed by atoms with Gasteiger partial charge in [-0.15, -0.1) is 0 Å². The molecule has 4 nitrogen and oxygen atoms in total. The van der Waals surface area contributed by atoms with E-state index in [1.807, 2.05) is 24.8 Å². The molecule has 0 atom stereocenters. The number of hydrogen-bond donors (Lipinski definition) is 1. The molecule has 3 rings (SSSR count). The Balaban J connectivity index is 0.000000329. The van der Waals surface area contributed by atoms with Gasteiger partial charge in [0.2, 0.25) is 0 Å². The van der Waals surface area contributed by atoms with Gasteiger partial charge < -0.3 is 10.1 Å². The first-order chi connectivity index (χ1) is 8.27. The molecule has 0 spiro atoms. The molecule has 2 heterocycles. The molecular weight excluding hydrogens is 221 g/mol. The van der Waals surface area contributed by atoms with Crippen LogP contribution in [0.4, 0.5) is 4.39 Å². The maximum atomic E-state index is 13.4. The molecule has 2 aromatic rings. The van der Waals surface area contributed by atoms with E-state index in [-0.39, 0.29) is 5.82 Å². The lowest BCUT2D eigenvalue weighted by Gasteiger charge is -2.13. The zero-order valence-corrected chi connectivity index (χ0v) is 10.0. The summed E-state index contributed by atoms with van der Waals surface area (Å²) in [6, 6.07) is 5.02. The highest BCUT2D eigenvalue weighted by Crippen LogP contribution is 2.23. The third-order valence-corrected chi connectivity index (χ3v) is 2.52. The first kappa shape index (κ1) is 12.0. The molecule has 0 aliphatic carbocycles. The van der Waals surface area contributed by atoms with Crippen molar-refractivity contribution in [2.45, 2.75) is 13.2 Å². The topological polar surface area (TPSA) is 39.1 Å². The molecule has 0 radical (unpaired) electrons. The van der Waals surface area contributed by atoms with Gasteiger partial charge in [-0.25, -0.2) is 4.39 Å². The van der Waals surface area contributed by atoms with E-state index < -0.39 is 0 Å². The maximum absolute atomic E-state index is 13.4. The molecule has 0 fully saturated rings. The van der Waals surface area contributed by atoms with E-state index >= 15 is 0 Å². The van der Waals surface area contributed by atoms with Crippen molar-refractivity contribution in [1.29, 1.82) is 0 Å². The summed E-state index contributed by atoms with van der Waals surface area (Å²) in [4.78, 5) is 0. The van der Waals surface area contributed by atoms with E-state index in [1.54, 1.807) is 6.07 Å². The number of fused-ring (bicyclic) bond motifs is 3. The minimum Gasteiger partial charge on any atom is -0.373 e. The fraction of sp³-hybridized carbons (Fsp3) is 0.417. The van der Waals surface area contributed by atoms with Crippen LogP contribution in [0.1, 0.15) is 5.69 Å². The lowest BCUT2D eigenvalue weighted by molar-refractivity contribution is 0.0811. The van der Waals surface area contributed by atoms with Crippen LogP contribution in [0.2, 0.25) is 0 Å². The average molecular weight is 237 g/mol. The number of rotatable bonds is 0. The van der Waals surface area contributed by atoms with Gasteiger partial charge in [0.15, 0.2) is 5.82 Å². The highest BCUT2D eigenvalue weighted by molar-refractivity contribution is 5.82. The summed E-state index contributed by atoms with van der Waals surface area (Å²) < 4.78 is 20.5. The van der Waals surface area contributed by atoms with Crippen molar-refractivity contribution in [2.75, 3.05) is 20.7 Å². The summed E-state index contributed by atoms with van der Waals surface area (Å²) in [5.41, 5.74) is 1.43. The molecule has 1 N–H and O–H groups in total.